The molecular weight excluding hydrogens is 532 g/mol. The largest absolute Gasteiger partial charge is 0.463 e. The molecule has 5 aromatic rings. The quantitative estimate of drug-likeness (QED) is 0.295. The number of para-hydroxylation sites is 1. The van der Waals surface area contributed by atoms with Crippen molar-refractivity contribution in [3.8, 4) is 11.3 Å². The number of benzene rings is 3. The number of aromatic nitrogens is 2. The van der Waals surface area contributed by atoms with Gasteiger partial charge in [-0.15, -0.1) is 0 Å². The van der Waals surface area contributed by atoms with E-state index in [9.17, 15) is 9.59 Å². The third kappa shape index (κ3) is 4.70. The van der Waals surface area contributed by atoms with Crippen LogP contribution in [-0.4, -0.2) is 36.2 Å². The smallest absolute Gasteiger partial charge is 0.338 e. The van der Waals surface area contributed by atoms with Gasteiger partial charge in [-0.1, -0.05) is 72.0 Å². The van der Waals surface area contributed by atoms with Crippen molar-refractivity contribution in [1.82, 2.24) is 9.55 Å². The molecule has 6 rings (SSSR count). The molecule has 1 N–H and O–H groups in total. The first-order valence-electron chi connectivity index (χ1n) is 13.5. The normalized spacial score (nSPS) is 15.1. The molecule has 3 heterocycles. The summed E-state index contributed by atoms with van der Waals surface area (Å²) in [5, 5.41) is 1.02. The van der Waals surface area contributed by atoms with Crippen LogP contribution >= 0.6 is 11.3 Å². The van der Waals surface area contributed by atoms with Crippen molar-refractivity contribution < 1.29 is 9.53 Å². The lowest BCUT2D eigenvalue weighted by atomic mass is 9.95. The summed E-state index contributed by atoms with van der Waals surface area (Å²) in [4.78, 5) is 38.3. The number of nitrogens with zero attached hydrogens (tertiary/aromatic N) is 3. The molecule has 0 amide bonds. The molecule has 0 fully saturated rings. The summed E-state index contributed by atoms with van der Waals surface area (Å²) in [6.45, 7) is 3.81. The summed E-state index contributed by atoms with van der Waals surface area (Å²) in [5.41, 5.74) is 6.46. The first-order valence-corrected chi connectivity index (χ1v) is 14.3. The number of hydrogen-bond acceptors (Lipinski definition) is 6. The molecule has 1 aliphatic rings. The second kappa shape index (κ2) is 10.7. The molecule has 3 aromatic carbocycles. The molecule has 206 valence electrons. The topological polar surface area (TPSA) is 79.7 Å². The summed E-state index contributed by atoms with van der Waals surface area (Å²) in [7, 11) is 3.95. The number of thiazole rings is 1. The highest BCUT2D eigenvalue weighted by molar-refractivity contribution is 7.07. The van der Waals surface area contributed by atoms with Gasteiger partial charge in [-0.3, -0.25) is 9.36 Å². The van der Waals surface area contributed by atoms with Gasteiger partial charge < -0.3 is 14.6 Å². The van der Waals surface area contributed by atoms with Gasteiger partial charge in [0.15, 0.2) is 4.80 Å². The predicted molar refractivity (Wildman–Crippen MR) is 165 cm³/mol. The van der Waals surface area contributed by atoms with Gasteiger partial charge in [0.05, 0.1) is 34.1 Å². The summed E-state index contributed by atoms with van der Waals surface area (Å²) >= 11 is 1.33. The standard InChI is InChI=1S/C33H30N4O3S/c1-5-40-32(39)28-20(2)34-33-37(30(28)22-15-17-23(18-16-22)36(3)4)31(38)27(41-33)19-25-24-13-9-10-14-26(24)35-29(25)21-11-7-6-8-12-21/h6-19,30,35H,5H2,1-4H3/b27-19+/t30-/m1/s1. The molecule has 1 aliphatic heterocycles. The Hall–Kier alpha value is -4.69. The summed E-state index contributed by atoms with van der Waals surface area (Å²) < 4.78 is 7.61. The Morgan fingerprint density at radius 2 is 1.76 bits per heavy atom. The monoisotopic (exact) mass is 562 g/mol. The number of H-pyrrole nitrogens is 1. The van der Waals surface area contributed by atoms with E-state index in [1.165, 1.54) is 11.3 Å². The summed E-state index contributed by atoms with van der Waals surface area (Å²) in [6.07, 6.45) is 1.95. The van der Waals surface area contributed by atoms with Crippen molar-refractivity contribution >= 4 is 40.0 Å². The van der Waals surface area contributed by atoms with Crippen LogP contribution in [0.15, 0.2) is 99.9 Å². The molecular formula is C33H30N4O3S. The Bertz CT molecular complexity index is 1980. The lowest BCUT2D eigenvalue weighted by molar-refractivity contribution is -0.139. The van der Waals surface area contributed by atoms with E-state index >= 15 is 0 Å². The number of aromatic amines is 1. The van der Waals surface area contributed by atoms with Gasteiger partial charge in [0.2, 0.25) is 0 Å². The Labute approximate surface area is 241 Å². The summed E-state index contributed by atoms with van der Waals surface area (Å²) in [6, 6.07) is 25.4. The zero-order valence-electron chi connectivity index (χ0n) is 23.3. The van der Waals surface area contributed by atoms with Crippen LogP contribution in [0.25, 0.3) is 28.2 Å². The van der Waals surface area contributed by atoms with Crippen LogP contribution in [-0.2, 0) is 9.53 Å². The van der Waals surface area contributed by atoms with Crippen LogP contribution < -0.4 is 19.8 Å². The highest BCUT2D eigenvalue weighted by Gasteiger charge is 2.33. The molecule has 8 heteroatoms. The van der Waals surface area contributed by atoms with Crippen molar-refractivity contribution in [2.45, 2.75) is 19.9 Å². The third-order valence-electron chi connectivity index (χ3n) is 7.33. The van der Waals surface area contributed by atoms with Crippen molar-refractivity contribution in [3.05, 3.63) is 121 Å². The van der Waals surface area contributed by atoms with E-state index in [1.54, 1.807) is 18.4 Å². The first-order chi connectivity index (χ1) is 19.9. The number of ether oxygens (including phenoxy) is 1. The highest BCUT2D eigenvalue weighted by Crippen LogP contribution is 2.33. The SMILES string of the molecule is CCOC(=O)C1=C(C)N=c2s/c(=C/c3c(-c4ccccc4)[nH]c4ccccc34)c(=O)n2[C@@H]1c1ccc(N(C)C)cc1. The van der Waals surface area contributed by atoms with Crippen LogP contribution in [0, 0.1) is 0 Å². The molecule has 0 spiro atoms. The molecule has 0 saturated heterocycles. The fourth-order valence-electron chi connectivity index (χ4n) is 5.34. The summed E-state index contributed by atoms with van der Waals surface area (Å²) in [5.74, 6) is -0.465. The molecule has 0 unspecified atom stereocenters. The zero-order valence-corrected chi connectivity index (χ0v) is 24.2. The highest BCUT2D eigenvalue weighted by atomic mass is 32.1. The second-order valence-electron chi connectivity index (χ2n) is 10.1. The number of carbonyl (C=O) groups is 1. The average molecular weight is 563 g/mol. The molecule has 0 radical (unpaired) electrons. The van der Waals surface area contributed by atoms with E-state index in [0.717, 1.165) is 39.0 Å². The number of esters is 1. The number of fused-ring (bicyclic) bond motifs is 2. The maximum Gasteiger partial charge on any atom is 0.338 e. The van der Waals surface area contributed by atoms with Gasteiger partial charge >= 0.3 is 5.97 Å². The van der Waals surface area contributed by atoms with E-state index in [-0.39, 0.29) is 12.2 Å². The number of nitrogens with one attached hydrogen (secondary N) is 1. The number of carbonyl (C=O) groups excluding carboxylic acids is 1. The number of rotatable bonds is 6. The fourth-order valence-corrected chi connectivity index (χ4v) is 6.37. The molecule has 0 saturated carbocycles. The van der Waals surface area contributed by atoms with Gasteiger partial charge in [-0.25, -0.2) is 9.79 Å². The van der Waals surface area contributed by atoms with Gasteiger partial charge in [-0.2, -0.15) is 0 Å². The van der Waals surface area contributed by atoms with E-state index in [1.807, 2.05) is 85.7 Å². The van der Waals surface area contributed by atoms with Crippen LogP contribution in [0.5, 0.6) is 0 Å². The molecule has 7 nitrogen and oxygen atoms in total. The van der Waals surface area contributed by atoms with E-state index in [0.29, 0.717) is 20.6 Å². The van der Waals surface area contributed by atoms with Crippen LogP contribution in [0.1, 0.15) is 31.0 Å². The van der Waals surface area contributed by atoms with Crippen LogP contribution in [0.4, 0.5) is 5.69 Å². The second-order valence-corrected chi connectivity index (χ2v) is 11.1. The van der Waals surface area contributed by atoms with E-state index in [4.69, 9.17) is 9.73 Å². The van der Waals surface area contributed by atoms with Crippen molar-refractivity contribution in [1.29, 1.82) is 0 Å². The molecule has 41 heavy (non-hydrogen) atoms. The van der Waals surface area contributed by atoms with Gasteiger partial charge in [-0.05, 0) is 49.2 Å². The molecule has 0 aliphatic carbocycles. The first kappa shape index (κ1) is 26.5. The molecule has 0 bridgehead atoms. The van der Waals surface area contributed by atoms with Crippen molar-refractivity contribution in [3.63, 3.8) is 0 Å². The third-order valence-corrected chi connectivity index (χ3v) is 8.31. The molecule has 2 aromatic heterocycles. The van der Waals surface area contributed by atoms with Crippen LogP contribution in [0.3, 0.4) is 0 Å². The number of hydrogen-bond donors (Lipinski definition) is 1. The Kier molecular flexibility index (Phi) is 6.93. The Morgan fingerprint density at radius 3 is 2.46 bits per heavy atom. The maximum absolute atomic E-state index is 14.2. The average Bonchev–Trinajstić information content (AvgIpc) is 3.50. The lowest BCUT2D eigenvalue weighted by Gasteiger charge is -2.25. The number of allylic oxidation sites excluding steroid dienone is 1. The van der Waals surface area contributed by atoms with Gasteiger partial charge in [0, 0.05) is 36.2 Å². The maximum atomic E-state index is 14.2. The lowest BCUT2D eigenvalue weighted by Crippen LogP contribution is -2.40. The van der Waals surface area contributed by atoms with Crippen LogP contribution in [0.2, 0.25) is 0 Å². The van der Waals surface area contributed by atoms with Crippen molar-refractivity contribution in [2.24, 2.45) is 4.99 Å². The Morgan fingerprint density at radius 1 is 1.05 bits per heavy atom. The fraction of sp³-hybridized carbons (Fsp3) is 0.182. The Balaban J connectivity index is 1.59. The minimum absolute atomic E-state index is 0.200. The van der Waals surface area contributed by atoms with E-state index in [2.05, 4.69) is 23.2 Å². The number of anilines is 1. The minimum Gasteiger partial charge on any atom is -0.463 e. The minimum atomic E-state index is -0.653. The predicted octanol–water partition coefficient (Wildman–Crippen LogP) is 5.01. The van der Waals surface area contributed by atoms with Gasteiger partial charge in [0.25, 0.3) is 5.56 Å². The van der Waals surface area contributed by atoms with Crippen molar-refractivity contribution in [2.75, 3.05) is 25.6 Å². The zero-order chi connectivity index (χ0) is 28.7. The van der Waals surface area contributed by atoms with E-state index < -0.39 is 12.0 Å². The van der Waals surface area contributed by atoms with Gasteiger partial charge in [0.1, 0.15) is 0 Å². The molecule has 1 atom stereocenters.